The van der Waals surface area contributed by atoms with Crippen molar-refractivity contribution in [2.75, 3.05) is 5.88 Å². The van der Waals surface area contributed by atoms with Crippen molar-refractivity contribution in [1.82, 2.24) is 0 Å². The molecule has 0 radical (unpaired) electrons. The van der Waals surface area contributed by atoms with Gasteiger partial charge >= 0.3 is 0 Å². The summed E-state index contributed by atoms with van der Waals surface area (Å²) in [5.74, 6) is 1.11. The van der Waals surface area contributed by atoms with Gasteiger partial charge in [-0.25, -0.2) is 0 Å². The fourth-order valence-electron chi connectivity index (χ4n) is 1.15. The fraction of sp³-hybridized carbons (Fsp3) is 0.400. The maximum atomic E-state index is 5.89. The largest absolute Gasteiger partial charge is 0.127 e. The number of benzene rings is 1. The molecule has 0 saturated heterocycles. The Balaban J connectivity index is 2.84. The Morgan fingerprint density at radius 1 is 1.23 bits per heavy atom. The second-order valence-corrected chi connectivity index (χ2v) is 4.24. The van der Waals surface area contributed by atoms with Gasteiger partial charge in [-0.1, -0.05) is 36.2 Å². The molecule has 13 heavy (non-hydrogen) atoms. The van der Waals surface area contributed by atoms with Gasteiger partial charge in [0, 0.05) is 5.88 Å². The molecule has 0 heterocycles. The van der Waals surface area contributed by atoms with E-state index in [1.807, 2.05) is 18.2 Å². The number of alkyl halides is 1. The van der Waals surface area contributed by atoms with Crippen LogP contribution < -0.4 is 0 Å². The zero-order valence-electron chi connectivity index (χ0n) is 7.36. The van der Waals surface area contributed by atoms with Crippen molar-refractivity contribution in [2.24, 2.45) is 0 Å². The molecule has 0 aliphatic rings. The molecular formula is C10H11Cl3. The average molecular weight is 238 g/mol. The van der Waals surface area contributed by atoms with E-state index in [2.05, 4.69) is 6.92 Å². The third-order valence-corrected chi connectivity index (χ3v) is 3.01. The van der Waals surface area contributed by atoms with Crippen molar-refractivity contribution in [3.8, 4) is 0 Å². The molecule has 0 fully saturated rings. The lowest BCUT2D eigenvalue weighted by Crippen LogP contribution is -1.94. The zero-order chi connectivity index (χ0) is 9.84. The highest BCUT2D eigenvalue weighted by molar-refractivity contribution is 6.42. The molecule has 0 saturated carbocycles. The van der Waals surface area contributed by atoms with Crippen molar-refractivity contribution in [3.05, 3.63) is 33.8 Å². The molecule has 0 spiro atoms. The van der Waals surface area contributed by atoms with E-state index in [9.17, 15) is 0 Å². The first-order valence-electron chi connectivity index (χ1n) is 4.16. The van der Waals surface area contributed by atoms with E-state index in [1.165, 1.54) is 5.56 Å². The van der Waals surface area contributed by atoms with Gasteiger partial charge in [-0.15, -0.1) is 11.6 Å². The van der Waals surface area contributed by atoms with Gasteiger partial charge in [-0.3, -0.25) is 0 Å². The Kier molecular flexibility index (Phi) is 4.37. The van der Waals surface area contributed by atoms with Gasteiger partial charge in [0.1, 0.15) is 0 Å². The minimum absolute atomic E-state index is 0.437. The lowest BCUT2D eigenvalue weighted by atomic mass is 9.99. The monoisotopic (exact) mass is 236 g/mol. The van der Waals surface area contributed by atoms with Gasteiger partial charge in [0.25, 0.3) is 0 Å². The summed E-state index contributed by atoms with van der Waals surface area (Å²) in [4.78, 5) is 0. The molecule has 0 amide bonds. The summed E-state index contributed by atoms with van der Waals surface area (Å²) in [6.07, 6.45) is 0.958. The topological polar surface area (TPSA) is 0 Å². The summed E-state index contributed by atoms with van der Waals surface area (Å²) in [6, 6.07) is 5.72. The second-order valence-electron chi connectivity index (χ2n) is 3.05. The Morgan fingerprint density at radius 3 is 2.46 bits per heavy atom. The summed E-state index contributed by atoms with van der Waals surface area (Å²) in [5.41, 5.74) is 1.19. The summed E-state index contributed by atoms with van der Waals surface area (Å²) < 4.78 is 0. The van der Waals surface area contributed by atoms with Crippen LogP contribution >= 0.6 is 34.8 Å². The summed E-state index contributed by atoms with van der Waals surface area (Å²) >= 11 is 17.4. The lowest BCUT2D eigenvalue weighted by molar-refractivity contribution is 0.738. The first-order chi connectivity index (χ1) is 6.15. The van der Waals surface area contributed by atoms with Crippen LogP contribution in [-0.4, -0.2) is 5.88 Å². The molecule has 1 rings (SSSR count). The Morgan fingerprint density at radius 2 is 1.92 bits per heavy atom. The molecule has 0 nitrogen and oxygen atoms in total. The molecule has 1 atom stereocenters. The average Bonchev–Trinajstić information content (AvgIpc) is 2.10. The number of hydrogen-bond donors (Lipinski definition) is 0. The van der Waals surface area contributed by atoms with Gasteiger partial charge in [0.05, 0.1) is 10.0 Å². The highest BCUT2D eigenvalue weighted by Crippen LogP contribution is 2.27. The quantitative estimate of drug-likeness (QED) is 0.667. The molecule has 0 N–H and O–H groups in total. The van der Waals surface area contributed by atoms with E-state index < -0.39 is 0 Å². The van der Waals surface area contributed by atoms with Gasteiger partial charge in [0.2, 0.25) is 0 Å². The maximum absolute atomic E-state index is 5.89. The van der Waals surface area contributed by atoms with Gasteiger partial charge in [-0.05, 0) is 30.0 Å². The lowest BCUT2D eigenvalue weighted by Gasteiger charge is -2.10. The van der Waals surface area contributed by atoms with Crippen LogP contribution in [0.25, 0.3) is 0 Å². The van der Waals surface area contributed by atoms with E-state index in [4.69, 9.17) is 34.8 Å². The van der Waals surface area contributed by atoms with Crippen LogP contribution in [0, 0.1) is 0 Å². The number of rotatable bonds is 3. The molecule has 1 aromatic carbocycles. The minimum Gasteiger partial charge on any atom is -0.127 e. The van der Waals surface area contributed by atoms with Crippen molar-refractivity contribution in [2.45, 2.75) is 19.3 Å². The third kappa shape index (κ3) is 3.05. The molecule has 1 unspecified atom stereocenters. The molecule has 0 aromatic heterocycles. The van der Waals surface area contributed by atoms with Crippen molar-refractivity contribution >= 4 is 34.8 Å². The van der Waals surface area contributed by atoms with Crippen LogP contribution in [0.5, 0.6) is 0 Å². The van der Waals surface area contributed by atoms with Gasteiger partial charge in [-0.2, -0.15) is 0 Å². The Bertz CT molecular complexity index is 283. The predicted molar refractivity (Wildman–Crippen MR) is 60.2 cm³/mol. The van der Waals surface area contributed by atoms with E-state index in [0.29, 0.717) is 21.8 Å². The highest BCUT2D eigenvalue weighted by atomic mass is 35.5. The van der Waals surface area contributed by atoms with Crippen LogP contribution in [0.1, 0.15) is 24.8 Å². The second kappa shape index (κ2) is 5.09. The molecule has 0 aliphatic heterocycles. The molecule has 72 valence electrons. The van der Waals surface area contributed by atoms with Crippen LogP contribution in [-0.2, 0) is 0 Å². The third-order valence-electron chi connectivity index (χ3n) is 2.05. The summed E-state index contributed by atoms with van der Waals surface area (Å²) in [7, 11) is 0. The molecule has 0 aliphatic carbocycles. The molecular weight excluding hydrogens is 226 g/mol. The van der Waals surface area contributed by atoms with Crippen molar-refractivity contribution in [1.29, 1.82) is 0 Å². The maximum Gasteiger partial charge on any atom is 0.0595 e. The Labute approximate surface area is 93.8 Å². The molecule has 0 bridgehead atoms. The molecule has 1 aromatic rings. The van der Waals surface area contributed by atoms with Crippen molar-refractivity contribution < 1.29 is 0 Å². The van der Waals surface area contributed by atoms with E-state index in [-0.39, 0.29) is 0 Å². The highest BCUT2D eigenvalue weighted by Gasteiger charge is 2.06. The normalized spacial score (nSPS) is 12.9. The van der Waals surface area contributed by atoms with Gasteiger partial charge in [0.15, 0.2) is 0 Å². The number of hydrogen-bond acceptors (Lipinski definition) is 0. The van der Waals surface area contributed by atoms with Crippen LogP contribution in [0.3, 0.4) is 0 Å². The SMILES string of the molecule is CC(CCCl)c1ccc(Cl)c(Cl)c1. The fourth-order valence-corrected chi connectivity index (χ4v) is 1.78. The van der Waals surface area contributed by atoms with E-state index >= 15 is 0 Å². The predicted octanol–water partition coefficient (Wildman–Crippen LogP) is 4.73. The van der Waals surface area contributed by atoms with Crippen LogP contribution in [0.4, 0.5) is 0 Å². The Hall–Kier alpha value is 0.0900. The first-order valence-corrected chi connectivity index (χ1v) is 5.45. The summed E-state index contributed by atoms with van der Waals surface area (Å²) in [6.45, 7) is 2.13. The first kappa shape index (κ1) is 11.2. The van der Waals surface area contributed by atoms with E-state index in [0.717, 1.165) is 6.42 Å². The molecule has 3 heteroatoms. The van der Waals surface area contributed by atoms with Crippen LogP contribution in [0.2, 0.25) is 10.0 Å². The zero-order valence-corrected chi connectivity index (χ0v) is 9.63. The standard InChI is InChI=1S/C10H11Cl3/c1-7(4-5-11)8-2-3-9(12)10(13)6-8/h2-3,6-7H,4-5H2,1H3. The number of halogens is 3. The van der Waals surface area contributed by atoms with E-state index in [1.54, 1.807) is 0 Å². The van der Waals surface area contributed by atoms with Crippen LogP contribution in [0.15, 0.2) is 18.2 Å². The van der Waals surface area contributed by atoms with Gasteiger partial charge < -0.3 is 0 Å². The smallest absolute Gasteiger partial charge is 0.0595 e. The van der Waals surface area contributed by atoms with Crippen molar-refractivity contribution in [3.63, 3.8) is 0 Å². The summed E-state index contributed by atoms with van der Waals surface area (Å²) in [5, 5.41) is 1.21. The minimum atomic E-state index is 0.437.